The Kier molecular flexibility index (Phi) is 5.26. The molecule has 2 saturated heterocycles. The molecular weight excluding hydrogens is 212 g/mol. The molecule has 0 aliphatic carbocycles. The zero-order valence-corrected chi connectivity index (χ0v) is 11.5. The van der Waals surface area contributed by atoms with Crippen molar-refractivity contribution in [2.45, 2.75) is 51.7 Å². The number of hydrogen-bond acceptors (Lipinski definition) is 3. The van der Waals surface area contributed by atoms with E-state index in [9.17, 15) is 0 Å². The molecule has 2 aliphatic heterocycles. The van der Waals surface area contributed by atoms with Gasteiger partial charge in [-0.1, -0.05) is 6.92 Å². The van der Waals surface area contributed by atoms with E-state index in [4.69, 9.17) is 4.74 Å². The minimum Gasteiger partial charge on any atom is -0.377 e. The van der Waals surface area contributed by atoms with Crippen molar-refractivity contribution >= 4 is 0 Å². The van der Waals surface area contributed by atoms with Crippen molar-refractivity contribution in [2.75, 3.05) is 32.8 Å². The highest BCUT2D eigenvalue weighted by atomic mass is 16.5. The summed E-state index contributed by atoms with van der Waals surface area (Å²) in [6.07, 6.45) is 5.68. The Morgan fingerprint density at radius 1 is 1.29 bits per heavy atom. The molecule has 2 fully saturated rings. The Hall–Kier alpha value is -0.120. The first kappa shape index (κ1) is 13.3. The summed E-state index contributed by atoms with van der Waals surface area (Å²) in [5.74, 6) is 0.935. The smallest absolute Gasteiger partial charge is 0.0726 e. The van der Waals surface area contributed by atoms with Crippen LogP contribution >= 0.6 is 0 Å². The number of hydrogen-bond donors (Lipinski definition) is 1. The van der Waals surface area contributed by atoms with Crippen molar-refractivity contribution in [3.63, 3.8) is 0 Å². The molecule has 0 radical (unpaired) electrons. The van der Waals surface area contributed by atoms with Crippen molar-refractivity contribution in [1.82, 2.24) is 10.2 Å². The highest BCUT2D eigenvalue weighted by Gasteiger charge is 2.22. The summed E-state index contributed by atoms with van der Waals surface area (Å²) >= 11 is 0. The van der Waals surface area contributed by atoms with Gasteiger partial charge in [-0.25, -0.2) is 0 Å². The van der Waals surface area contributed by atoms with Crippen LogP contribution in [0, 0.1) is 5.92 Å². The quantitative estimate of drug-likeness (QED) is 0.794. The van der Waals surface area contributed by atoms with Gasteiger partial charge >= 0.3 is 0 Å². The average Bonchev–Trinajstić information content (AvgIpc) is 2.85. The third-order valence-electron chi connectivity index (χ3n) is 4.29. The molecule has 2 unspecified atom stereocenters. The Balaban J connectivity index is 1.56. The van der Waals surface area contributed by atoms with Crippen LogP contribution in [-0.4, -0.2) is 49.8 Å². The minimum atomic E-state index is 0.455. The predicted molar refractivity (Wildman–Crippen MR) is 71.3 cm³/mol. The Labute approximate surface area is 106 Å². The first-order valence-corrected chi connectivity index (χ1v) is 7.33. The molecule has 2 rings (SSSR count). The second-order valence-electron chi connectivity index (χ2n) is 5.82. The van der Waals surface area contributed by atoms with Gasteiger partial charge in [0.15, 0.2) is 0 Å². The van der Waals surface area contributed by atoms with Gasteiger partial charge in [-0.15, -0.1) is 0 Å². The second-order valence-corrected chi connectivity index (χ2v) is 5.82. The van der Waals surface area contributed by atoms with Gasteiger partial charge < -0.3 is 15.0 Å². The fourth-order valence-electron chi connectivity index (χ4n) is 2.86. The Morgan fingerprint density at radius 2 is 2.06 bits per heavy atom. The summed E-state index contributed by atoms with van der Waals surface area (Å²) in [6.45, 7) is 10.5. The van der Waals surface area contributed by atoms with Crippen LogP contribution in [0.25, 0.3) is 0 Å². The van der Waals surface area contributed by atoms with E-state index in [2.05, 4.69) is 24.1 Å². The first-order chi connectivity index (χ1) is 8.25. The fraction of sp³-hybridized carbons (Fsp3) is 1.00. The fourth-order valence-corrected chi connectivity index (χ4v) is 2.86. The molecule has 3 heteroatoms. The van der Waals surface area contributed by atoms with Crippen LogP contribution in [0.1, 0.15) is 39.5 Å². The highest BCUT2D eigenvalue weighted by molar-refractivity contribution is 4.77. The van der Waals surface area contributed by atoms with Crippen LogP contribution < -0.4 is 5.32 Å². The molecule has 2 heterocycles. The molecule has 0 saturated carbocycles. The Morgan fingerprint density at radius 3 is 2.71 bits per heavy atom. The zero-order chi connectivity index (χ0) is 12.1. The molecule has 0 amide bonds. The van der Waals surface area contributed by atoms with Crippen LogP contribution in [0.2, 0.25) is 0 Å². The van der Waals surface area contributed by atoms with E-state index in [0.717, 1.165) is 19.1 Å². The molecular formula is C14H28N2O. The van der Waals surface area contributed by atoms with E-state index in [0.29, 0.717) is 12.1 Å². The lowest BCUT2D eigenvalue weighted by Crippen LogP contribution is -2.43. The molecule has 2 atom stereocenters. The number of rotatable bonds is 5. The summed E-state index contributed by atoms with van der Waals surface area (Å²) in [5.41, 5.74) is 0. The van der Waals surface area contributed by atoms with E-state index in [1.54, 1.807) is 0 Å². The number of nitrogens with one attached hydrogen (secondary N) is 1. The van der Waals surface area contributed by atoms with Crippen LogP contribution in [0.5, 0.6) is 0 Å². The van der Waals surface area contributed by atoms with Gasteiger partial charge in [0.05, 0.1) is 6.10 Å². The van der Waals surface area contributed by atoms with Gasteiger partial charge in [0.1, 0.15) is 0 Å². The normalized spacial score (nSPS) is 29.6. The second kappa shape index (κ2) is 6.72. The molecule has 0 bridgehead atoms. The SMILES string of the molecule is CC1CCN(CCNC(C)C2CCCO2)CC1. The van der Waals surface area contributed by atoms with Crippen molar-refractivity contribution in [3.8, 4) is 0 Å². The summed E-state index contributed by atoms with van der Waals surface area (Å²) in [5, 5.41) is 3.62. The van der Waals surface area contributed by atoms with Crippen LogP contribution in [0.15, 0.2) is 0 Å². The monoisotopic (exact) mass is 240 g/mol. The van der Waals surface area contributed by atoms with Gasteiger partial charge in [-0.3, -0.25) is 0 Å². The molecule has 3 nitrogen and oxygen atoms in total. The maximum atomic E-state index is 5.70. The van der Waals surface area contributed by atoms with Crippen molar-refractivity contribution in [3.05, 3.63) is 0 Å². The Bertz CT molecular complexity index is 208. The van der Waals surface area contributed by atoms with E-state index >= 15 is 0 Å². The topological polar surface area (TPSA) is 24.5 Å². The van der Waals surface area contributed by atoms with Gasteiger partial charge in [0.25, 0.3) is 0 Å². The lowest BCUT2D eigenvalue weighted by molar-refractivity contribution is 0.0819. The predicted octanol–water partition coefficient (Wildman–Crippen LogP) is 1.88. The summed E-state index contributed by atoms with van der Waals surface area (Å²) in [7, 11) is 0. The average molecular weight is 240 g/mol. The molecule has 0 aromatic heterocycles. The third-order valence-corrected chi connectivity index (χ3v) is 4.29. The van der Waals surface area contributed by atoms with Crippen LogP contribution in [-0.2, 0) is 4.74 Å². The van der Waals surface area contributed by atoms with E-state index in [-0.39, 0.29) is 0 Å². The van der Waals surface area contributed by atoms with Crippen LogP contribution in [0.3, 0.4) is 0 Å². The van der Waals surface area contributed by atoms with E-state index < -0.39 is 0 Å². The van der Waals surface area contributed by atoms with Crippen molar-refractivity contribution in [1.29, 1.82) is 0 Å². The maximum absolute atomic E-state index is 5.70. The number of likely N-dealkylation sites (tertiary alicyclic amines) is 1. The van der Waals surface area contributed by atoms with E-state index in [1.807, 2.05) is 0 Å². The van der Waals surface area contributed by atoms with Gasteiger partial charge in [0.2, 0.25) is 0 Å². The van der Waals surface area contributed by atoms with Gasteiger partial charge in [-0.2, -0.15) is 0 Å². The zero-order valence-electron chi connectivity index (χ0n) is 11.5. The van der Waals surface area contributed by atoms with Crippen LogP contribution in [0.4, 0.5) is 0 Å². The largest absolute Gasteiger partial charge is 0.377 e. The number of nitrogens with zero attached hydrogens (tertiary/aromatic N) is 1. The highest BCUT2D eigenvalue weighted by Crippen LogP contribution is 2.16. The lowest BCUT2D eigenvalue weighted by Gasteiger charge is -2.31. The summed E-state index contributed by atoms with van der Waals surface area (Å²) in [6, 6.07) is 0.515. The third kappa shape index (κ3) is 4.23. The first-order valence-electron chi connectivity index (χ1n) is 7.33. The van der Waals surface area contributed by atoms with Crippen molar-refractivity contribution < 1.29 is 4.74 Å². The van der Waals surface area contributed by atoms with E-state index in [1.165, 1.54) is 45.3 Å². The molecule has 0 aromatic carbocycles. The lowest BCUT2D eigenvalue weighted by atomic mass is 9.99. The van der Waals surface area contributed by atoms with Gasteiger partial charge in [-0.05, 0) is 51.6 Å². The summed E-state index contributed by atoms with van der Waals surface area (Å²) < 4.78 is 5.70. The molecule has 100 valence electrons. The molecule has 1 N–H and O–H groups in total. The van der Waals surface area contributed by atoms with Gasteiger partial charge in [0, 0.05) is 25.7 Å². The van der Waals surface area contributed by atoms with Crippen molar-refractivity contribution in [2.24, 2.45) is 5.92 Å². The molecule has 2 aliphatic rings. The minimum absolute atomic E-state index is 0.455. The number of piperidine rings is 1. The maximum Gasteiger partial charge on any atom is 0.0726 e. The molecule has 0 spiro atoms. The molecule has 0 aromatic rings. The summed E-state index contributed by atoms with van der Waals surface area (Å²) in [4.78, 5) is 2.59. The molecule has 17 heavy (non-hydrogen) atoms. The standard InChI is InChI=1S/C14H28N2O/c1-12-5-8-16(9-6-12)10-7-15-13(2)14-4-3-11-17-14/h12-15H,3-11H2,1-2H3. The number of ether oxygens (including phenoxy) is 1.